The van der Waals surface area contributed by atoms with E-state index in [2.05, 4.69) is 12.5 Å². The Kier molecular flexibility index (Phi) is 4.87. The van der Waals surface area contributed by atoms with Gasteiger partial charge in [0.05, 0.1) is 13.1 Å². The van der Waals surface area contributed by atoms with E-state index in [0.29, 0.717) is 13.1 Å². The zero-order chi connectivity index (χ0) is 8.69. The summed E-state index contributed by atoms with van der Waals surface area (Å²) in [4.78, 5) is 11.8. The Morgan fingerprint density at radius 3 is 2.82 bits per heavy atom. The molecule has 0 saturated carbocycles. The molecule has 0 aliphatic rings. The zero-order valence-electron chi connectivity index (χ0n) is 6.29. The Hall–Kier alpha value is -1.27. The van der Waals surface area contributed by atoms with Gasteiger partial charge in [-0.25, -0.2) is 0 Å². The number of hydrogen-bond acceptors (Lipinski definition) is 2. The first-order valence-electron chi connectivity index (χ1n) is 3.19. The number of nitrogens with zero attached hydrogens (tertiary/aromatic N) is 1. The SMILES string of the molecule is C#CCN(CC=C)CC(=O)O. The molecule has 3 nitrogen and oxygen atoms in total. The fraction of sp³-hybridized carbons (Fsp3) is 0.375. The molecular formula is C8H11NO2. The summed E-state index contributed by atoms with van der Waals surface area (Å²) in [7, 11) is 0. The van der Waals surface area contributed by atoms with E-state index in [1.807, 2.05) is 0 Å². The van der Waals surface area contributed by atoms with Crippen LogP contribution in [-0.2, 0) is 4.79 Å². The van der Waals surface area contributed by atoms with Gasteiger partial charge in [0.15, 0.2) is 0 Å². The van der Waals surface area contributed by atoms with Crippen molar-refractivity contribution in [3.63, 3.8) is 0 Å². The number of hydrogen-bond donors (Lipinski definition) is 1. The molecule has 0 unspecified atom stereocenters. The van der Waals surface area contributed by atoms with E-state index in [4.69, 9.17) is 11.5 Å². The van der Waals surface area contributed by atoms with Crippen molar-refractivity contribution in [2.45, 2.75) is 0 Å². The second-order valence-corrected chi connectivity index (χ2v) is 2.06. The Balaban J connectivity index is 3.79. The van der Waals surface area contributed by atoms with Gasteiger partial charge in [-0.1, -0.05) is 12.0 Å². The van der Waals surface area contributed by atoms with E-state index in [1.165, 1.54) is 0 Å². The number of carboxylic acid groups (broad SMARTS) is 1. The van der Waals surface area contributed by atoms with Crippen LogP contribution in [0, 0.1) is 12.3 Å². The summed E-state index contributed by atoms with van der Waals surface area (Å²) in [6.45, 7) is 4.31. The van der Waals surface area contributed by atoms with Gasteiger partial charge in [0.1, 0.15) is 0 Å². The van der Waals surface area contributed by atoms with Crippen LogP contribution < -0.4 is 0 Å². The topological polar surface area (TPSA) is 40.5 Å². The van der Waals surface area contributed by atoms with Crippen molar-refractivity contribution in [2.75, 3.05) is 19.6 Å². The van der Waals surface area contributed by atoms with Gasteiger partial charge in [-0.05, 0) is 0 Å². The van der Waals surface area contributed by atoms with Gasteiger partial charge in [0.25, 0.3) is 0 Å². The summed E-state index contributed by atoms with van der Waals surface area (Å²) >= 11 is 0. The van der Waals surface area contributed by atoms with Crippen molar-refractivity contribution in [1.82, 2.24) is 4.90 Å². The summed E-state index contributed by atoms with van der Waals surface area (Å²) in [5.41, 5.74) is 0. The van der Waals surface area contributed by atoms with Gasteiger partial charge < -0.3 is 5.11 Å². The van der Waals surface area contributed by atoms with E-state index in [1.54, 1.807) is 11.0 Å². The van der Waals surface area contributed by atoms with E-state index in [-0.39, 0.29) is 6.54 Å². The first-order valence-corrected chi connectivity index (χ1v) is 3.19. The van der Waals surface area contributed by atoms with Crippen molar-refractivity contribution < 1.29 is 9.90 Å². The minimum Gasteiger partial charge on any atom is -0.480 e. The zero-order valence-corrected chi connectivity index (χ0v) is 6.29. The number of carboxylic acids is 1. The van der Waals surface area contributed by atoms with Crippen molar-refractivity contribution in [3.8, 4) is 12.3 Å². The number of aliphatic carboxylic acids is 1. The van der Waals surface area contributed by atoms with E-state index in [0.717, 1.165) is 0 Å². The minimum absolute atomic E-state index is 0.0315. The molecule has 0 aromatic carbocycles. The first kappa shape index (κ1) is 9.73. The van der Waals surface area contributed by atoms with Crippen LogP contribution >= 0.6 is 0 Å². The molecule has 0 aromatic rings. The molecule has 0 radical (unpaired) electrons. The molecule has 0 atom stereocenters. The molecule has 0 spiro atoms. The molecule has 3 heteroatoms. The highest BCUT2D eigenvalue weighted by Crippen LogP contribution is 1.86. The molecule has 0 fully saturated rings. The number of carbonyl (C=O) groups is 1. The fourth-order valence-corrected chi connectivity index (χ4v) is 0.688. The molecule has 0 rings (SSSR count). The van der Waals surface area contributed by atoms with Gasteiger partial charge in [-0.3, -0.25) is 9.69 Å². The maximum absolute atomic E-state index is 10.2. The van der Waals surface area contributed by atoms with Crippen LogP contribution in [0.3, 0.4) is 0 Å². The highest BCUT2D eigenvalue weighted by atomic mass is 16.4. The molecule has 0 aliphatic heterocycles. The smallest absolute Gasteiger partial charge is 0.317 e. The molecule has 11 heavy (non-hydrogen) atoms. The molecule has 60 valence electrons. The molecule has 0 amide bonds. The Morgan fingerprint density at radius 2 is 2.45 bits per heavy atom. The van der Waals surface area contributed by atoms with Crippen molar-refractivity contribution in [2.24, 2.45) is 0 Å². The van der Waals surface area contributed by atoms with Crippen LogP contribution in [-0.4, -0.2) is 35.6 Å². The lowest BCUT2D eigenvalue weighted by Crippen LogP contribution is -2.30. The summed E-state index contributed by atoms with van der Waals surface area (Å²) in [6.07, 6.45) is 6.64. The van der Waals surface area contributed by atoms with Gasteiger partial charge in [-0.2, -0.15) is 0 Å². The molecule has 0 heterocycles. The predicted molar refractivity (Wildman–Crippen MR) is 43.1 cm³/mol. The molecule has 0 aromatic heterocycles. The standard InChI is InChI=1S/C8H11NO2/c1-3-5-9(6-4-2)7-8(10)11/h1,4H,2,5-7H2,(H,10,11). The monoisotopic (exact) mass is 153 g/mol. The Labute approximate surface area is 66.3 Å². The lowest BCUT2D eigenvalue weighted by molar-refractivity contribution is -0.138. The highest BCUT2D eigenvalue weighted by Gasteiger charge is 2.04. The van der Waals surface area contributed by atoms with Gasteiger partial charge in [-0.15, -0.1) is 13.0 Å². The molecule has 0 bridgehead atoms. The summed E-state index contributed by atoms with van der Waals surface area (Å²) in [6, 6.07) is 0. The summed E-state index contributed by atoms with van der Waals surface area (Å²) < 4.78 is 0. The molecular weight excluding hydrogens is 142 g/mol. The third-order valence-corrected chi connectivity index (χ3v) is 1.06. The fourth-order valence-electron chi connectivity index (χ4n) is 0.688. The average molecular weight is 153 g/mol. The highest BCUT2D eigenvalue weighted by molar-refractivity contribution is 5.69. The molecule has 0 saturated heterocycles. The maximum Gasteiger partial charge on any atom is 0.317 e. The third kappa shape index (κ3) is 5.19. The minimum atomic E-state index is -0.873. The Bertz CT molecular complexity index is 181. The molecule has 1 N–H and O–H groups in total. The Morgan fingerprint density at radius 1 is 1.82 bits per heavy atom. The maximum atomic E-state index is 10.2. The van der Waals surface area contributed by atoms with Crippen molar-refractivity contribution in [3.05, 3.63) is 12.7 Å². The van der Waals surface area contributed by atoms with Crippen LogP contribution in [0.5, 0.6) is 0 Å². The lowest BCUT2D eigenvalue weighted by atomic mass is 10.4. The van der Waals surface area contributed by atoms with Crippen LogP contribution in [0.15, 0.2) is 12.7 Å². The second kappa shape index (κ2) is 5.51. The predicted octanol–water partition coefficient (Wildman–Crippen LogP) is 0.192. The van der Waals surface area contributed by atoms with Crippen LogP contribution in [0.1, 0.15) is 0 Å². The normalized spacial score (nSPS) is 9.09. The average Bonchev–Trinajstić information content (AvgIpc) is 1.87. The summed E-state index contributed by atoms with van der Waals surface area (Å²) in [5.74, 6) is 1.50. The van der Waals surface area contributed by atoms with Crippen molar-refractivity contribution in [1.29, 1.82) is 0 Å². The lowest BCUT2D eigenvalue weighted by Gasteiger charge is -2.13. The van der Waals surface area contributed by atoms with Crippen LogP contribution in [0.2, 0.25) is 0 Å². The van der Waals surface area contributed by atoms with Gasteiger partial charge in [0, 0.05) is 6.54 Å². The van der Waals surface area contributed by atoms with Crippen molar-refractivity contribution >= 4 is 5.97 Å². The van der Waals surface area contributed by atoms with E-state index in [9.17, 15) is 4.79 Å². The van der Waals surface area contributed by atoms with Gasteiger partial charge in [0.2, 0.25) is 0 Å². The van der Waals surface area contributed by atoms with Gasteiger partial charge >= 0.3 is 5.97 Å². The number of terminal acetylenes is 1. The van der Waals surface area contributed by atoms with Crippen LogP contribution in [0.25, 0.3) is 0 Å². The van der Waals surface area contributed by atoms with Crippen LogP contribution in [0.4, 0.5) is 0 Å². The van der Waals surface area contributed by atoms with E-state index >= 15 is 0 Å². The first-order chi connectivity index (χ1) is 5.20. The molecule has 0 aliphatic carbocycles. The second-order valence-electron chi connectivity index (χ2n) is 2.06. The third-order valence-electron chi connectivity index (χ3n) is 1.06. The number of rotatable bonds is 5. The van der Waals surface area contributed by atoms with E-state index < -0.39 is 5.97 Å². The largest absolute Gasteiger partial charge is 0.480 e. The quantitative estimate of drug-likeness (QED) is 0.453. The summed E-state index contributed by atoms with van der Waals surface area (Å²) in [5, 5.41) is 8.39.